The highest BCUT2D eigenvalue weighted by Gasteiger charge is 2.32. The Morgan fingerprint density at radius 3 is 2.93 bits per heavy atom. The van der Waals surface area contributed by atoms with Crippen molar-refractivity contribution in [2.45, 2.75) is 31.4 Å². The highest BCUT2D eigenvalue weighted by molar-refractivity contribution is 4.89. The second-order valence-corrected chi connectivity index (χ2v) is 5.27. The van der Waals surface area contributed by atoms with Gasteiger partial charge in [-0.1, -0.05) is 0 Å². The maximum Gasteiger partial charge on any atom is 0.0867 e. The summed E-state index contributed by atoms with van der Waals surface area (Å²) in [6.07, 6.45) is 2.66. The van der Waals surface area contributed by atoms with E-state index in [4.69, 9.17) is 5.73 Å². The summed E-state index contributed by atoms with van der Waals surface area (Å²) in [7, 11) is 0. The molecule has 4 nitrogen and oxygen atoms in total. The molecule has 15 heavy (non-hydrogen) atoms. The third-order valence-corrected chi connectivity index (χ3v) is 3.68. The average molecular weight is 213 g/mol. The molecule has 0 spiro atoms. The van der Waals surface area contributed by atoms with Crippen LogP contribution in [0.25, 0.3) is 0 Å². The van der Waals surface area contributed by atoms with Gasteiger partial charge in [-0.3, -0.25) is 9.80 Å². The van der Waals surface area contributed by atoms with Crippen molar-refractivity contribution in [3.63, 3.8) is 0 Å². The van der Waals surface area contributed by atoms with Crippen molar-refractivity contribution in [2.24, 2.45) is 5.73 Å². The first-order valence-corrected chi connectivity index (χ1v) is 5.99. The summed E-state index contributed by atoms with van der Waals surface area (Å²) in [6, 6.07) is 0.729. The lowest BCUT2D eigenvalue weighted by atomic mass is 10.1. The summed E-state index contributed by atoms with van der Waals surface area (Å²) in [5.74, 6) is 0. The molecule has 0 saturated carbocycles. The van der Waals surface area contributed by atoms with Crippen molar-refractivity contribution in [2.75, 3.05) is 39.3 Å². The lowest BCUT2D eigenvalue weighted by Crippen LogP contribution is -2.55. The van der Waals surface area contributed by atoms with Crippen LogP contribution in [0, 0.1) is 0 Å². The van der Waals surface area contributed by atoms with Crippen molar-refractivity contribution in [3.05, 3.63) is 0 Å². The molecule has 2 fully saturated rings. The second-order valence-electron chi connectivity index (χ2n) is 5.27. The van der Waals surface area contributed by atoms with E-state index in [-0.39, 0.29) is 0 Å². The minimum Gasteiger partial charge on any atom is -0.388 e. The number of hydrogen-bond donors (Lipinski definition) is 2. The molecular weight excluding hydrogens is 190 g/mol. The largest absolute Gasteiger partial charge is 0.388 e. The molecule has 3 N–H and O–H groups in total. The predicted molar refractivity (Wildman–Crippen MR) is 60.7 cm³/mol. The van der Waals surface area contributed by atoms with Crippen LogP contribution in [0.15, 0.2) is 0 Å². The fourth-order valence-corrected chi connectivity index (χ4v) is 2.75. The quantitative estimate of drug-likeness (QED) is 0.662. The van der Waals surface area contributed by atoms with Gasteiger partial charge in [-0.25, -0.2) is 0 Å². The van der Waals surface area contributed by atoms with Gasteiger partial charge in [0.15, 0.2) is 0 Å². The summed E-state index contributed by atoms with van der Waals surface area (Å²) in [5.41, 5.74) is 4.82. The third-order valence-electron chi connectivity index (χ3n) is 3.68. The molecule has 0 aromatic heterocycles. The number of nitrogens with zero attached hydrogens (tertiary/aromatic N) is 2. The number of aliphatic hydroxyl groups is 1. The Morgan fingerprint density at radius 1 is 1.40 bits per heavy atom. The number of piperazine rings is 1. The van der Waals surface area contributed by atoms with Gasteiger partial charge in [-0.05, 0) is 26.3 Å². The Labute approximate surface area is 92.0 Å². The van der Waals surface area contributed by atoms with E-state index in [1.54, 1.807) is 0 Å². The number of fused-ring (bicyclic) bond motifs is 1. The maximum absolute atomic E-state index is 9.94. The van der Waals surface area contributed by atoms with Gasteiger partial charge in [0, 0.05) is 38.8 Å². The molecule has 2 atom stereocenters. The molecular formula is C11H23N3O. The molecule has 88 valence electrons. The Morgan fingerprint density at radius 2 is 2.20 bits per heavy atom. The van der Waals surface area contributed by atoms with Gasteiger partial charge >= 0.3 is 0 Å². The molecule has 0 aromatic carbocycles. The molecule has 0 aliphatic carbocycles. The van der Waals surface area contributed by atoms with E-state index < -0.39 is 5.60 Å². The van der Waals surface area contributed by atoms with E-state index in [0.717, 1.165) is 25.7 Å². The Kier molecular flexibility index (Phi) is 3.30. The van der Waals surface area contributed by atoms with Gasteiger partial charge in [0.1, 0.15) is 0 Å². The van der Waals surface area contributed by atoms with Crippen molar-refractivity contribution in [3.8, 4) is 0 Å². The number of β-amino-alcohol motifs (C(OH)–C–C–N with tert-alkyl or cyclic N) is 1. The lowest BCUT2D eigenvalue weighted by Gasteiger charge is -2.40. The maximum atomic E-state index is 9.94. The molecule has 2 rings (SSSR count). The highest BCUT2D eigenvalue weighted by Crippen LogP contribution is 2.22. The molecule has 2 aliphatic heterocycles. The lowest BCUT2D eigenvalue weighted by molar-refractivity contribution is 0.00284. The van der Waals surface area contributed by atoms with Gasteiger partial charge < -0.3 is 10.8 Å². The summed E-state index contributed by atoms with van der Waals surface area (Å²) in [5, 5.41) is 9.94. The summed E-state index contributed by atoms with van der Waals surface area (Å²) < 4.78 is 0. The first-order valence-electron chi connectivity index (χ1n) is 5.99. The van der Waals surface area contributed by atoms with Crippen LogP contribution in [0.1, 0.15) is 19.8 Å². The minimum absolute atomic E-state index is 0.345. The molecule has 2 saturated heterocycles. The zero-order chi connectivity index (χ0) is 10.9. The molecule has 2 aliphatic rings. The van der Waals surface area contributed by atoms with Crippen molar-refractivity contribution < 1.29 is 5.11 Å². The summed E-state index contributed by atoms with van der Waals surface area (Å²) in [6.45, 7) is 7.50. The van der Waals surface area contributed by atoms with Crippen molar-refractivity contribution >= 4 is 0 Å². The Bertz CT molecular complexity index is 220. The molecule has 2 unspecified atom stereocenters. The summed E-state index contributed by atoms with van der Waals surface area (Å²) >= 11 is 0. The molecule has 0 aromatic rings. The van der Waals surface area contributed by atoms with E-state index in [9.17, 15) is 5.11 Å². The van der Waals surface area contributed by atoms with Crippen LogP contribution in [0.4, 0.5) is 0 Å². The minimum atomic E-state index is -0.721. The van der Waals surface area contributed by atoms with E-state index in [1.807, 2.05) is 6.92 Å². The molecule has 2 heterocycles. The highest BCUT2D eigenvalue weighted by atomic mass is 16.3. The molecule has 0 radical (unpaired) electrons. The first-order chi connectivity index (χ1) is 7.11. The van der Waals surface area contributed by atoms with Crippen LogP contribution in [-0.4, -0.2) is 65.8 Å². The Hall–Kier alpha value is -0.160. The van der Waals surface area contributed by atoms with Crippen molar-refractivity contribution in [1.29, 1.82) is 0 Å². The van der Waals surface area contributed by atoms with Crippen LogP contribution in [-0.2, 0) is 0 Å². The average Bonchev–Trinajstić information content (AvgIpc) is 2.64. The van der Waals surface area contributed by atoms with Crippen LogP contribution < -0.4 is 5.73 Å². The monoisotopic (exact) mass is 213 g/mol. The van der Waals surface area contributed by atoms with Crippen LogP contribution in [0.3, 0.4) is 0 Å². The second kappa shape index (κ2) is 4.37. The van der Waals surface area contributed by atoms with Gasteiger partial charge in [0.2, 0.25) is 0 Å². The zero-order valence-corrected chi connectivity index (χ0v) is 9.65. The zero-order valence-electron chi connectivity index (χ0n) is 9.65. The van der Waals surface area contributed by atoms with E-state index >= 15 is 0 Å². The topological polar surface area (TPSA) is 52.7 Å². The van der Waals surface area contributed by atoms with Crippen LogP contribution in [0.5, 0.6) is 0 Å². The van der Waals surface area contributed by atoms with Gasteiger partial charge in [0.25, 0.3) is 0 Å². The van der Waals surface area contributed by atoms with E-state index in [2.05, 4.69) is 9.80 Å². The Balaban J connectivity index is 1.85. The van der Waals surface area contributed by atoms with Crippen LogP contribution in [0.2, 0.25) is 0 Å². The smallest absolute Gasteiger partial charge is 0.0867 e. The van der Waals surface area contributed by atoms with Gasteiger partial charge in [0.05, 0.1) is 5.60 Å². The fraction of sp³-hybridized carbons (Fsp3) is 1.00. The normalized spacial score (nSPS) is 32.6. The standard InChI is InChI=1S/C11H23N3O/c1-11(15,8-12)9-13-5-6-14-4-2-3-10(14)7-13/h10,15H,2-9,12H2,1H3. The van der Waals surface area contributed by atoms with Crippen molar-refractivity contribution in [1.82, 2.24) is 9.80 Å². The fourth-order valence-electron chi connectivity index (χ4n) is 2.75. The van der Waals surface area contributed by atoms with Crippen LogP contribution >= 0.6 is 0 Å². The number of nitrogens with two attached hydrogens (primary N) is 1. The molecule has 0 bridgehead atoms. The van der Waals surface area contributed by atoms with Gasteiger partial charge in [-0.15, -0.1) is 0 Å². The molecule has 4 heteroatoms. The first kappa shape index (κ1) is 11.3. The van der Waals surface area contributed by atoms with E-state index in [1.165, 1.54) is 19.4 Å². The predicted octanol–water partition coefficient (Wildman–Crippen LogP) is -0.524. The van der Waals surface area contributed by atoms with Gasteiger partial charge in [-0.2, -0.15) is 0 Å². The number of hydrogen-bond acceptors (Lipinski definition) is 4. The summed E-state index contributed by atoms with van der Waals surface area (Å²) in [4.78, 5) is 4.94. The molecule has 0 amide bonds. The third kappa shape index (κ3) is 2.69. The van der Waals surface area contributed by atoms with E-state index in [0.29, 0.717) is 13.1 Å². The number of rotatable bonds is 3. The SMILES string of the molecule is CC(O)(CN)CN1CCN2CCCC2C1.